The van der Waals surface area contributed by atoms with Gasteiger partial charge in [0.15, 0.2) is 0 Å². The maximum Gasteiger partial charge on any atom is 0.415 e. The van der Waals surface area contributed by atoms with E-state index in [4.69, 9.17) is 15.2 Å². The first-order valence-corrected chi connectivity index (χ1v) is 10.3. The monoisotopic (exact) mass is 432 g/mol. The van der Waals surface area contributed by atoms with Crippen molar-refractivity contribution in [2.45, 2.75) is 38.4 Å². The number of carbonyl (C=O) groups is 1. The van der Waals surface area contributed by atoms with Crippen molar-refractivity contribution in [3.63, 3.8) is 0 Å². The van der Waals surface area contributed by atoms with Gasteiger partial charge in [-0.1, -0.05) is 30.3 Å². The third-order valence-electron chi connectivity index (χ3n) is 6.10. The highest BCUT2D eigenvalue weighted by atomic mass is 35.5. The number of piperidine rings is 1. The van der Waals surface area contributed by atoms with Crippen LogP contribution in [0, 0.1) is 12.8 Å². The number of nitrogens with two attached hydrogens (primary N) is 1. The molecule has 0 spiro atoms. The summed E-state index contributed by atoms with van der Waals surface area (Å²) in [7, 11) is 0. The molecular formula is C23H29ClN2O4. The van der Waals surface area contributed by atoms with Crippen molar-refractivity contribution in [1.29, 1.82) is 0 Å². The lowest BCUT2D eigenvalue weighted by Gasteiger charge is -2.40. The van der Waals surface area contributed by atoms with Gasteiger partial charge in [0.25, 0.3) is 0 Å². The fourth-order valence-electron chi connectivity index (χ4n) is 4.39. The third-order valence-corrected chi connectivity index (χ3v) is 6.10. The van der Waals surface area contributed by atoms with E-state index in [2.05, 4.69) is 0 Å². The number of fused-ring (bicyclic) bond motifs is 1. The van der Waals surface area contributed by atoms with E-state index in [-0.39, 0.29) is 30.7 Å². The summed E-state index contributed by atoms with van der Waals surface area (Å²) in [4.78, 5) is 14.2. The number of benzene rings is 2. The Morgan fingerprint density at radius 3 is 2.57 bits per heavy atom. The van der Waals surface area contributed by atoms with E-state index < -0.39 is 0 Å². The van der Waals surface area contributed by atoms with Crippen LogP contribution in [0.2, 0.25) is 0 Å². The van der Waals surface area contributed by atoms with E-state index >= 15 is 0 Å². The number of aromatic hydroxyl groups is 1. The van der Waals surface area contributed by atoms with Crippen molar-refractivity contribution >= 4 is 18.5 Å². The lowest BCUT2D eigenvalue weighted by molar-refractivity contribution is -0.0633. The molecule has 2 atom stereocenters. The van der Waals surface area contributed by atoms with Crippen LogP contribution in [0.1, 0.15) is 35.6 Å². The van der Waals surface area contributed by atoms with Crippen molar-refractivity contribution in [2.75, 3.05) is 19.6 Å². The Labute approximate surface area is 183 Å². The number of likely N-dealkylation sites (tertiary alicyclic amines) is 1. The van der Waals surface area contributed by atoms with Crippen LogP contribution in [0.5, 0.6) is 11.5 Å². The van der Waals surface area contributed by atoms with Crippen LogP contribution in [0.25, 0.3) is 0 Å². The highest BCUT2D eigenvalue weighted by Crippen LogP contribution is 2.40. The Morgan fingerprint density at radius 1 is 1.20 bits per heavy atom. The number of phenols is 1. The molecule has 0 unspecified atom stereocenters. The zero-order chi connectivity index (χ0) is 20.4. The molecular weight excluding hydrogens is 404 g/mol. The zero-order valence-corrected chi connectivity index (χ0v) is 17.9. The van der Waals surface area contributed by atoms with Gasteiger partial charge in [-0.3, -0.25) is 0 Å². The van der Waals surface area contributed by atoms with Gasteiger partial charge in [-0.25, -0.2) is 4.79 Å². The van der Waals surface area contributed by atoms with E-state index in [9.17, 15) is 9.90 Å². The number of aryl methyl sites for hydroxylation is 1. The van der Waals surface area contributed by atoms with Gasteiger partial charge in [0, 0.05) is 31.6 Å². The molecule has 0 aromatic heterocycles. The predicted octanol–water partition coefficient (Wildman–Crippen LogP) is 3.97. The Hall–Kier alpha value is -2.28. The molecule has 1 fully saturated rings. The summed E-state index contributed by atoms with van der Waals surface area (Å²) in [6.45, 7) is 3.56. The smallest absolute Gasteiger partial charge is 0.415 e. The van der Waals surface area contributed by atoms with Crippen LogP contribution in [0.15, 0.2) is 42.5 Å². The second kappa shape index (κ2) is 9.69. The fourth-order valence-corrected chi connectivity index (χ4v) is 4.39. The lowest BCUT2D eigenvalue weighted by Crippen LogP contribution is -2.45. The van der Waals surface area contributed by atoms with E-state index in [0.717, 1.165) is 29.5 Å². The number of nitrogens with zero attached hydrogens (tertiary/aromatic N) is 1. The third kappa shape index (κ3) is 4.56. The van der Waals surface area contributed by atoms with Crippen LogP contribution >= 0.6 is 12.4 Å². The number of para-hydroxylation sites is 1. The molecule has 162 valence electrons. The van der Waals surface area contributed by atoms with E-state index in [1.165, 1.54) is 0 Å². The summed E-state index contributed by atoms with van der Waals surface area (Å²) in [5, 5.41) is 10.6. The average Bonchev–Trinajstić information content (AvgIpc) is 2.76. The van der Waals surface area contributed by atoms with Crippen LogP contribution in [0.4, 0.5) is 4.79 Å². The normalized spacial score (nSPS) is 21.5. The highest BCUT2D eigenvalue weighted by Gasteiger charge is 2.36. The number of hydrogen-bond donors (Lipinski definition) is 2. The number of rotatable bonds is 3. The Balaban J connectivity index is 0.00000256. The first-order valence-electron chi connectivity index (χ1n) is 10.3. The molecule has 4 rings (SSSR count). The zero-order valence-electron chi connectivity index (χ0n) is 17.1. The van der Waals surface area contributed by atoms with Crippen LogP contribution in [-0.2, 0) is 11.2 Å². The molecule has 1 amide bonds. The minimum atomic E-state index is -0.308. The van der Waals surface area contributed by atoms with Crippen molar-refractivity contribution < 1.29 is 19.4 Å². The van der Waals surface area contributed by atoms with Gasteiger partial charge in [-0.15, -0.1) is 12.4 Å². The lowest BCUT2D eigenvalue weighted by atomic mass is 9.83. The Kier molecular flexibility index (Phi) is 7.23. The molecule has 2 aromatic rings. The molecule has 0 bridgehead atoms. The van der Waals surface area contributed by atoms with Crippen LogP contribution in [0.3, 0.4) is 0 Å². The average molecular weight is 433 g/mol. The quantitative estimate of drug-likeness (QED) is 0.766. The molecule has 1 saturated heterocycles. The first kappa shape index (κ1) is 22.4. The standard InChI is InChI=1S/C23H28N2O4.ClH/c1-15-7-8-18-19(22(15)26)13-20(29-21(18)14-24)16-9-11-25(12-10-16)23(27)28-17-5-3-2-4-6-17;/h2-8,16,20-21,26H,9-14,24H2,1H3;1H/t20-,21-;/m0./s1. The summed E-state index contributed by atoms with van der Waals surface area (Å²) in [5.74, 6) is 1.24. The minimum absolute atomic E-state index is 0. The van der Waals surface area contributed by atoms with Crippen molar-refractivity contribution in [3.8, 4) is 11.5 Å². The summed E-state index contributed by atoms with van der Waals surface area (Å²) in [6.07, 6.45) is 1.85. The van der Waals surface area contributed by atoms with Gasteiger partial charge < -0.3 is 25.2 Å². The molecule has 2 aromatic carbocycles. The van der Waals surface area contributed by atoms with Crippen LogP contribution in [-0.4, -0.2) is 41.8 Å². The number of ether oxygens (including phenoxy) is 2. The fraction of sp³-hybridized carbons (Fsp3) is 0.435. The van der Waals surface area contributed by atoms with Gasteiger partial charge >= 0.3 is 6.09 Å². The number of hydrogen-bond acceptors (Lipinski definition) is 5. The molecule has 30 heavy (non-hydrogen) atoms. The van der Waals surface area contributed by atoms with E-state index in [1.54, 1.807) is 17.0 Å². The van der Waals surface area contributed by atoms with E-state index in [1.807, 2.05) is 37.3 Å². The second-order valence-corrected chi connectivity index (χ2v) is 7.91. The SMILES string of the molecule is Cc1ccc2c(c1O)C[C@@H](C1CCN(C(=O)Oc3ccccc3)CC1)O[C@H]2CN.Cl. The topological polar surface area (TPSA) is 85.0 Å². The summed E-state index contributed by atoms with van der Waals surface area (Å²) >= 11 is 0. The predicted molar refractivity (Wildman–Crippen MR) is 117 cm³/mol. The Bertz CT molecular complexity index is 869. The minimum Gasteiger partial charge on any atom is -0.507 e. The van der Waals surface area contributed by atoms with Crippen molar-refractivity contribution in [3.05, 3.63) is 59.2 Å². The Morgan fingerprint density at radius 2 is 1.90 bits per heavy atom. The van der Waals surface area contributed by atoms with Gasteiger partial charge in [-0.2, -0.15) is 0 Å². The molecule has 0 saturated carbocycles. The molecule has 0 radical (unpaired) electrons. The number of halogens is 1. The molecule has 2 aliphatic heterocycles. The van der Waals surface area contributed by atoms with Gasteiger partial charge in [-0.05, 0) is 48.9 Å². The van der Waals surface area contributed by atoms with E-state index in [0.29, 0.717) is 43.5 Å². The number of phenolic OH excluding ortho intramolecular Hbond substituents is 1. The summed E-state index contributed by atoms with van der Waals surface area (Å²) < 4.78 is 11.8. The molecule has 3 N–H and O–H groups in total. The van der Waals surface area contributed by atoms with Gasteiger partial charge in [0.2, 0.25) is 0 Å². The second-order valence-electron chi connectivity index (χ2n) is 7.91. The van der Waals surface area contributed by atoms with Gasteiger partial charge in [0.1, 0.15) is 11.5 Å². The maximum absolute atomic E-state index is 12.4. The highest BCUT2D eigenvalue weighted by molar-refractivity contribution is 5.85. The number of carbonyl (C=O) groups excluding carboxylic acids is 1. The van der Waals surface area contributed by atoms with Gasteiger partial charge in [0.05, 0.1) is 12.2 Å². The summed E-state index contributed by atoms with van der Waals surface area (Å²) in [6, 6.07) is 13.1. The molecule has 0 aliphatic carbocycles. The molecule has 2 heterocycles. The molecule has 6 nitrogen and oxygen atoms in total. The first-order chi connectivity index (χ1) is 14.1. The van der Waals surface area contributed by atoms with Crippen molar-refractivity contribution in [1.82, 2.24) is 4.90 Å². The summed E-state index contributed by atoms with van der Waals surface area (Å²) in [5.41, 5.74) is 8.79. The number of amides is 1. The molecule has 7 heteroatoms. The van der Waals surface area contributed by atoms with Crippen molar-refractivity contribution in [2.24, 2.45) is 11.7 Å². The van der Waals surface area contributed by atoms with Crippen LogP contribution < -0.4 is 10.5 Å². The largest absolute Gasteiger partial charge is 0.507 e. The molecule has 2 aliphatic rings. The maximum atomic E-state index is 12.4.